The summed E-state index contributed by atoms with van der Waals surface area (Å²) in [6.45, 7) is 3.36. The maximum atomic E-state index is 13.3. The standard InChI is InChI=1S/C12H13FO4/c1-3-7-5-8(10(14)9(13)6-7)11(15)12(16)17-4-2/h5-6,14H,3-4H2,1-2H3. The molecule has 17 heavy (non-hydrogen) atoms. The highest BCUT2D eigenvalue weighted by Gasteiger charge is 2.23. The molecule has 0 saturated heterocycles. The molecule has 5 heteroatoms. The Balaban J connectivity index is 3.16. The van der Waals surface area contributed by atoms with E-state index in [4.69, 9.17) is 0 Å². The number of phenols is 1. The summed E-state index contributed by atoms with van der Waals surface area (Å²) >= 11 is 0. The topological polar surface area (TPSA) is 63.6 Å². The van der Waals surface area contributed by atoms with Crippen LogP contribution in [-0.4, -0.2) is 23.5 Å². The van der Waals surface area contributed by atoms with E-state index >= 15 is 0 Å². The van der Waals surface area contributed by atoms with Crippen molar-refractivity contribution in [3.63, 3.8) is 0 Å². The molecule has 0 radical (unpaired) electrons. The van der Waals surface area contributed by atoms with E-state index in [2.05, 4.69) is 4.74 Å². The van der Waals surface area contributed by atoms with Gasteiger partial charge in [0, 0.05) is 0 Å². The zero-order valence-corrected chi connectivity index (χ0v) is 9.62. The van der Waals surface area contributed by atoms with Gasteiger partial charge in [0.1, 0.15) is 0 Å². The van der Waals surface area contributed by atoms with E-state index in [1.807, 2.05) is 0 Å². The summed E-state index contributed by atoms with van der Waals surface area (Å²) in [5.41, 5.74) is 0.160. The number of hydrogen-bond acceptors (Lipinski definition) is 4. The van der Waals surface area contributed by atoms with Crippen LogP contribution in [0.1, 0.15) is 29.8 Å². The Hall–Kier alpha value is -1.91. The van der Waals surface area contributed by atoms with E-state index < -0.39 is 23.3 Å². The van der Waals surface area contributed by atoms with Crippen LogP contribution in [0.25, 0.3) is 0 Å². The number of ketones is 1. The van der Waals surface area contributed by atoms with Gasteiger partial charge in [-0.3, -0.25) is 4.79 Å². The molecule has 0 aliphatic rings. The van der Waals surface area contributed by atoms with Crippen LogP contribution in [0.3, 0.4) is 0 Å². The molecule has 1 aromatic carbocycles. The molecular weight excluding hydrogens is 227 g/mol. The van der Waals surface area contributed by atoms with Gasteiger partial charge in [-0.05, 0) is 31.0 Å². The van der Waals surface area contributed by atoms with E-state index in [0.717, 1.165) is 6.07 Å². The van der Waals surface area contributed by atoms with Crippen LogP contribution < -0.4 is 0 Å². The largest absolute Gasteiger partial charge is 0.504 e. The molecule has 0 unspecified atom stereocenters. The van der Waals surface area contributed by atoms with Gasteiger partial charge >= 0.3 is 5.97 Å². The number of phenolic OH excluding ortho intramolecular Hbond substituents is 1. The van der Waals surface area contributed by atoms with Gasteiger partial charge < -0.3 is 9.84 Å². The van der Waals surface area contributed by atoms with Crippen LogP contribution in [-0.2, 0) is 16.0 Å². The average Bonchev–Trinajstić information content (AvgIpc) is 2.31. The highest BCUT2D eigenvalue weighted by Crippen LogP contribution is 2.24. The number of carbonyl (C=O) groups is 2. The highest BCUT2D eigenvalue weighted by molar-refractivity contribution is 6.41. The van der Waals surface area contributed by atoms with Crippen molar-refractivity contribution in [2.45, 2.75) is 20.3 Å². The first kappa shape index (κ1) is 13.2. The number of ether oxygens (including phenoxy) is 1. The van der Waals surface area contributed by atoms with Crippen molar-refractivity contribution in [1.29, 1.82) is 0 Å². The van der Waals surface area contributed by atoms with Gasteiger partial charge in [-0.25, -0.2) is 9.18 Å². The van der Waals surface area contributed by atoms with Crippen LogP contribution in [0.4, 0.5) is 4.39 Å². The molecule has 0 atom stereocenters. The molecule has 0 fully saturated rings. The monoisotopic (exact) mass is 240 g/mol. The number of aryl methyl sites for hydroxylation is 1. The van der Waals surface area contributed by atoms with E-state index in [1.165, 1.54) is 6.07 Å². The maximum Gasteiger partial charge on any atom is 0.379 e. The summed E-state index contributed by atoms with van der Waals surface area (Å²) in [5, 5.41) is 9.40. The Bertz CT molecular complexity index is 454. The zero-order valence-electron chi connectivity index (χ0n) is 9.62. The Morgan fingerprint density at radius 1 is 1.35 bits per heavy atom. The number of rotatable bonds is 4. The van der Waals surface area contributed by atoms with Gasteiger partial charge in [-0.2, -0.15) is 0 Å². The number of esters is 1. The lowest BCUT2D eigenvalue weighted by Gasteiger charge is -2.06. The van der Waals surface area contributed by atoms with Crippen LogP contribution in [0.2, 0.25) is 0 Å². The fourth-order valence-corrected chi connectivity index (χ4v) is 1.34. The lowest BCUT2D eigenvalue weighted by Crippen LogP contribution is -2.18. The van der Waals surface area contributed by atoms with Crippen molar-refractivity contribution in [3.05, 3.63) is 29.1 Å². The molecule has 0 aliphatic carbocycles. The van der Waals surface area contributed by atoms with Gasteiger partial charge in [0.05, 0.1) is 12.2 Å². The van der Waals surface area contributed by atoms with E-state index in [9.17, 15) is 19.1 Å². The molecule has 1 rings (SSSR count). The summed E-state index contributed by atoms with van der Waals surface area (Å²) in [4.78, 5) is 22.8. The number of carbonyl (C=O) groups excluding carboxylic acids is 2. The van der Waals surface area contributed by atoms with Crippen LogP contribution in [0, 0.1) is 5.82 Å². The molecule has 0 saturated carbocycles. The molecule has 0 aromatic heterocycles. The van der Waals surface area contributed by atoms with Crippen LogP contribution >= 0.6 is 0 Å². The summed E-state index contributed by atoms with van der Waals surface area (Å²) < 4.78 is 17.8. The minimum absolute atomic E-state index is 0.0429. The van der Waals surface area contributed by atoms with E-state index in [1.54, 1.807) is 13.8 Å². The van der Waals surface area contributed by atoms with Crippen molar-refractivity contribution < 1.29 is 23.8 Å². The van der Waals surface area contributed by atoms with Crippen molar-refractivity contribution >= 4 is 11.8 Å². The molecule has 1 N–H and O–H groups in total. The highest BCUT2D eigenvalue weighted by atomic mass is 19.1. The van der Waals surface area contributed by atoms with E-state index in [-0.39, 0.29) is 12.2 Å². The zero-order chi connectivity index (χ0) is 13.0. The lowest BCUT2D eigenvalue weighted by atomic mass is 10.0. The maximum absolute atomic E-state index is 13.3. The van der Waals surface area contributed by atoms with Crippen LogP contribution in [0.5, 0.6) is 5.75 Å². The molecule has 0 aliphatic heterocycles. The van der Waals surface area contributed by atoms with Gasteiger partial charge in [0.15, 0.2) is 11.6 Å². The number of halogens is 1. The molecule has 0 heterocycles. The molecular formula is C12H13FO4. The minimum atomic E-state index is -1.10. The summed E-state index contributed by atoms with van der Waals surface area (Å²) in [6.07, 6.45) is 0.486. The fourth-order valence-electron chi connectivity index (χ4n) is 1.34. The van der Waals surface area contributed by atoms with Crippen molar-refractivity contribution in [2.75, 3.05) is 6.61 Å². The van der Waals surface area contributed by atoms with Crippen molar-refractivity contribution in [3.8, 4) is 5.75 Å². The molecule has 1 aromatic rings. The Morgan fingerprint density at radius 3 is 2.53 bits per heavy atom. The number of aromatic hydroxyl groups is 1. The first-order valence-electron chi connectivity index (χ1n) is 5.24. The number of hydrogen-bond donors (Lipinski definition) is 1. The lowest BCUT2D eigenvalue weighted by molar-refractivity contribution is -0.137. The van der Waals surface area contributed by atoms with Gasteiger partial charge in [0.2, 0.25) is 0 Å². The number of benzene rings is 1. The van der Waals surface area contributed by atoms with Gasteiger partial charge in [-0.1, -0.05) is 6.92 Å². The van der Waals surface area contributed by atoms with Gasteiger partial charge in [0.25, 0.3) is 5.78 Å². The summed E-state index contributed by atoms with van der Waals surface area (Å²) in [6, 6.07) is 2.41. The molecule has 4 nitrogen and oxygen atoms in total. The molecule has 0 bridgehead atoms. The molecule has 0 amide bonds. The predicted molar refractivity (Wildman–Crippen MR) is 58.4 cm³/mol. The first-order valence-corrected chi connectivity index (χ1v) is 5.24. The van der Waals surface area contributed by atoms with Crippen molar-refractivity contribution in [2.24, 2.45) is 0 Å². The Kier molecular flexibility index (Phi) is 4.20. The minimum Gasteiger partial charge on any atom is -0.504 e. The fraction of sp³-hybridized carbons (Fsp3) is 0.333. The third kappa shape index (κ3) is 2.81. The second kappa shape index (κ2) is 5.43. The third-order valence-electron chi connectivity index (χ3n) is 2.24. The predicted octanol–water partition coefficient (Wildman–Crippen LogP) is 1.84. The quantitative estimate of drug-likeness (QED) is 0.495. The molecule has 92 valence electrons. The second-order valence-electron chi connectivity index (χ2n) is 3.38. The smallest absolute Gasteiger partial charge is 0.379 e. The second-order valence-corrected chi connectivity index (χ2v) is 3.38. The summed E-state index contributed by atoms with van der Waals surface area (Å²) in [5.74, 6) is -3.88. The Labute approximate surface area is 98.0 Å². The van der Waals surface area contributed by atoms with E-state index in [0.29, 0.717) is 12.0 Å². The number of Topliss-reactive ketones (excluding diaryl/α,β-unsaturated/α-hetero) is 1. The van der Waals surface area contributed by atoms with Gasteiger partial charge in [-0.15, -0.1) is 0 Å². The molecule has 0 spiro atoms. The first-order chi connectivity index (χ1) is 8.01. The van der Waals surface area contributed by atoms with Crippen molar-refractivity contribution in [1.82, 2.24) is 0 Å². The average molecular weight is 240 g/mol. The van der Waals surface area contributed by atoms with Crippen LogP contribution in [0.15, 0.2) is 12.1 Å². The normalized spacial score (nSPS) is 10.1. The summed E-state index contributed by atoms with van der Waals surface area (Å²) in [7, 11) is 0. The SMILES string of the molecule is CCOC(=O)C(=O)c1cc(CC)cc(F)c1O. The third-order valence-corrected chi connectivity index (χ3v) is 2.24. The Morgan fingerprint density at radius 2 is 2.00 bits per heavy atom.